The third-order valence-electron chi connectivity index (χ3n) is 3.53. The summed E-state index contributed by atoms with van der Waals surface area (Å²) in [5, 5.41) is 11.0. The van der Waals surface area contributed by atoms with Gasteiger partial charge in [-0.15, -0.1) is 0 Å². The highest BCUT2D eigenvalue weighted by molar-refractivity contribution is 6.33. The number of nitrogens with zero attached hydrogens (tertiary/aromatic N) is 2. The molecule has 0 bridgehead atoms. The standard InChI is InChI=1S/C13H15ClN2O4/c1-20-11-4-2-10(8-17)15(7-11)13-5-3-9(16(18)19)6-12(13)14/h3,5-6,8,10-11H,2,4,7H2,1H3. The number of benzene rings is 1. The van der Waals surface area contributed by atoms with Gasteiger partial charge in [0.05, 0.1) is 27.8 Å². The summed E-state index contributed by atoms with van der Waals surface area (Å²) < 4.78 is 5.33. The lowest BCUT2D eigenvalue weighted by molar-refractivity contribution is -0.384. The number of ether oxygens (including phenoxy) is 1. The lowest BCUT2D eigenvalue weighted by Gasteiger charge is -2.38. The van der Waals surface area contributed by atoms with E-state index < -0.39 is 4.92 Å². The van der Waals surface area contributed by atoms with E-state index in [1.807, 2.05) is 4.90 Å². The topological polar surface area (TPSA) is 72.7 Å². The van der Waals surface area contributed by atoms with Crippen LogP contribution in [0.1, 0.15) is 12.8 Å². The summed E-state index contributed by atoms with van der Waals surface area (Å²) in [5.41, 5.74) is 0.554. The fourth-order valence-electron chi connectivity index (χ4n) is 2.41. The van der Waals surface area contributed by atoms with E-state index in [4.69, 9.17) is 16.3 Å². The number of hydrogen-bond acceptors (Lipinski definition) is 5. The molecule has 0 radical (unpaired) electrons. The van der Waals surface area contributed by atoms with Crippen LogP contribution in [0.2, 0.25) is 5.02 Å². The Morgan fingerprint density at radius 3 is 2.80 bits per heavy atom. The van der Waals surface area contributed by atoms with Crippen molar-refractivity contribution >= 4 is 29.3 Å². The minimum Gasteiger partial charge on any atom is -0.380 e. The third-order valence-corrected chi connectivity index (χ3v) is 3.83. The minimum atomic E-state index is -0.499. The first-order valence-electron chi connectivity index (χ1n) is 6.25. The van der Waals surface area contributed by atoms with Gasteiger partial charge < -0.3 is 14.4 Å². The molecule has 2 atom stereocenters. The second kappa shape index (κ2) is 6.19. The van der Waals surface area contributed by atoms with Crippen LogP contribution >= 0.6 is 11.6 Å². The van der Waals surface area contributed by atoms with E-state index in [0.29, 0.717) is 18.7 Å². The minimum absolute atomic E-state index is 0.0254. The van der Waals surface area contributed by atoms with Crippen molar-refractivity contribution in [2.45, 2.75) is 25.0 Å². The molecule has 2 unspecified atom stereocenters. The zero-order valence-electron chi connectivity index (χ0n) is 11.0. The first kappa shape index (κ1) is 14.7. The van der Waals surface area contributed by atoms with Gasteiger partial charge in [-0.3, -0.25) is 10.1 Å². The SMILES string of the molecule is COC1CCC(C=O)N(c2ccc([N+](=O)[O-])cc2Cl)C1. The normalized spacial score (nSPS) is 22.6. The fourth-order valence-corrected chi connectivity index (χ4v) is 2.70. The maximum Gasteiger partial charge on any atom is 0.271 e. The summed E-state index contributed by atoms with van der Waals surface area (Å²) in [6.07, 6.45) is 2.39. The smallest absolute Gasteiger partial charge is 0.271 e. The average Bonchev–Trinajstić information content (AvgIpc) is 2.46. The van der Waals surface area contributed by atoms with Gasteiger partial charge in [0.2, 0.25) is 0 Å². The van der Waals surface area contributed by atoms with Crippen LogP contribution in [0, 0.1) is 10.1 Å². The first-order chi connectivity index (χ1) is 9.56. The van der Waals surface area contributed by atoms with E-state index >= 15 is 0 Å². The predicted molar refractivity (Wildman–Crippen MR) is 75.3 cm³/mol. The molecule has 2 rings (SSSR count). The van der Waals surface area contributed by atoms with Crippen molar-refractivity contribution < 1.29 is 14.5 Å². The molecule has 1 saturated heterocycles. The number of nitro groups is 1. The van der Waals surface area contributed by atoms with Crippen LogP contribution in [-0.4, -0.2) is 37.0 Å². The Morgan fingerprint density at radius 2 is 2.25 bits per heavy atom. The molecule has 7 heteroatoms. The second-order valence-electron chi connectivity index (χ2n) is 4.68. The number of carbonyl (C=O) groups excluding carboxylic acids is 1. The van der Waals surface area contributed by atoms with Gasteiger partial charge in [-0.2, -0.15) is 0 Å². The number of nitro benzene ring substituents is 1. The van der Waals surface area contributed by atoms with Crippen LogP contribution in [0.4, 0.5) is 11.4 Å². The molecule has 0 aromatic heterocycles. The summed E-state index contributed by atoms with van der Waals surface area (Å²) in [4.78, 5) is 23.3. The maximum atomic E-state index is 11.2. The molecule has 0 spiro atoms. The molecule has 1 aromatic carbocycles. The monoisotopic (exact) mass is 298 g/mol. The van der Waals surface area contributed by atoms with Gasteiger partial charge in [-0.1, -0.05) is 11.6 Å². The number of rotatable bonds is 4. The number of carbonyl (C=O) groups is 1. The van der Waals surface area contributed by atoms with E-state index in [0.717, 1.165) is 12.7 Å². The summed E-state index contributed by atoms with van der Waals surface area (Å²) >= 11 is 6.12. The summed E-state index contributed by atoms with van der Waals surface area (Å²) in [7, 11) is 1.63. The third kappa shape index (κ3) is 2.91. The number of piperidine rings is 1. The molecule has 1 heterocycles. The maximum absolute atomic E-state index is 11.2. The van der Waals surface area contributed by atoms with Crippen molar-refractivity contribution in [3.8, 4) is 0 Å². The Hall–Kier alpha value is -1.66. The van der Waals surface area contributed by atoms with Gasteiger partial charge in [0.1, 0.15) is 6.29 Å². The molecule has 0 amide bonds. The van der Waals surface area contributed by atoms with E-state index in [1.54, 1.807) is 13.2 Å². The van der Waals surface area contributed by atoms with E-state index in [9.17, 15) is 14.9 Å². The number of halogens is 1. The molecule has 6 nitrogen and oxygen atoms in total. The van der Waals surface area contributed by atoms with Crippen LogP contribution in [-0.2, 0) is 9.53 Å². The Bertz CT molecular complexity index is 523. The molecular formula is C13H15ClN2O4. The number of methoxy groups -OCH3 is 1. The first-order valence-corrected chi connectivity index (χ1v) is 6.63. The average molecular weight is 299 g/mol. The van der Waals surface area contributed by atoms with Gasteiger partial charge in [-0.05, 0) is 18.9 Å². The Morgan fingerprint density at radius 1 is 1.50 bits per heavy atom. The van der Waals surface area contributed by atoms with Crippen LogP contribution in [0.5, 0.6) is 0 Å². The van der Waals surface area contributed by atoms with Crippen LogP contribution in [0.25, 0.3) is 0 Å². The Kier molecular flexibility index (Phi) is 4.57. The van der Waals surface area contributed by atoms with Crippen molar-refractivity contribution in [1.29, 1.82) is 0 Å². The zero-order chi connectivity index (χ0) is 14.7. The van der Waals surface area contributed by atoms with Crippen LogP contribution in [0.3, 0.4) is 0 Å². The second-order valence-corrected chi connectivity index (χ2v) is 5.09. The van der Waals surface area contributed by atoms with Gasteiger partial charge in [-0.25, -0.2) is 0 Å². The summed E-state index contributed by atoms with van der Waals surface area (Å²) in [5.74, 6) is 0. The number of non-ortho nitro benzene ring substituents is 1. The van der Waals surface area contributed by atoms with Crippen molar-refractivity contribution in [1.82, 2.24) is 0 Å². The van der Waals surface area contributed by atoms with E-state index in [1.165, 1.54) is 12.1 Å². The molecule has 1 fully saturated rings. The highest BCUT2D eigenvalue weighted by atomic mass is 35.5. The fraction of sp³-hybridized carbons (Fsp3) is 0.462. The van der Waals surface area contributed by atoms with Crippen molar-refractivity contribution in [2.24, 2.45) is 0 Å². The van der Waals surface area contributed by atoms with Gasteiger partial charge in [0.25, 0.3) is 5.69 Å². The zero-order valence-corrected chi connectivity index (χ0v) is 11.7. The quantitative estimate of drug-likeness (QED) is 0.485. The van der Waals surface area contributed by atoms with Gasteiger partial charge in [0.15, 0.2) is 0 Å². The highest BCUT2D eigenvalue weighted by Gasteiger charge is 2.29. The van der Waals surface area contributed by atoms with Crippen molar-refractivity contribution in [2.75, 3.05) is 18.6 Å². The lowest BCUT2D eigenvalue weighted by atomic mass is 10.00. The number of aldehydes is 1. The summed E-state index contributed by atoms with van der Waals surface area (Å²) in [6.45, 7) is 0.539. The summed E-state index contributed by atoms with van der Waals surface area (Å²) in [6, 6.07) is 3.99. The molecule has 0 aliphatic carbocycles. The molecule has 1 aliphatic rings. The van der Waals surface area contributed by atoms with Crippen molar-refractivity contribution in [3.05, 3.63) is 33.3 Å². The molecule has 1 aliphatic heterocycles. The van der Waals surface area contributed by atoms with Crippen LogP contribution in [0.15, 0.2) is 18.2 Å². The molecule has 0 saturated carbocycles. The van der Waals surface area contributed by atoms with E-state index in [-0.39, 0.29) is 22.9 Å². The lowest BCUT2D eigenvalue weighted by Crippen LogP contribution is -2.47. The highest BCUT2D eigenvalue weighted by Crippen LogP contribution is 2.33. The number of anilines is 1. The van der Waals surface area contributed by atoms with E-state index in [2.05, 4.69) is 0 Å². The molecule has 0 N–H and O–H groups in total. The van der Waals surface area contributed by atoms with Crippen LogP contribution < -0.4 is 4.90 Å². The molecule has 108 valence electrons. The van der Waals surface area contributed by atoms with Gasteiger partial charge >= 0.3 is 0 Å². The Labute approximate surface area is 121 Å². The largest absolute Gasteiger partial charge is 0.380 e. The number of hydrogen-bond donors (Lipinski definition) is 0. The molecule has 20 heavy (non-hydrogen) atoms. The van der Waals surface area contributed by atoms with Crippen molar-refractivity contribution in [3.63, 3.8) is 0 Å². The predicted octanol–water partition coefficient (Wildman–Crippen LogP) is 2.43. The Balaban J connectivity index is 2.31. The van der Waals surface area contributed by atoms with Gasteiger partial charge in [0, 0.05) is 25.8 Å². The molecular weight excluding hydrogens is 284 g/mol. The molecule has 1 aromatic rings.